The number of halogens is 1. The van der Waals surface area contributed by atoms with Gasteiger partial charge >= 0.3 is 5.97 Å². The minimum absolute atomic E-state index is 0.330. The molecule has 2 N–H and O–H groups in total. The van der Waals surface area contributed by atoms with E-state index in [1.807, 2.05) is 0 Å². The monoisotopic (exact) mass is 366 g/mol. The zero-order valence-electron chi connectivity index (χ0n) is 13.3. The van der Waals surface area contributed by atoms with E-state index in [0.29, 0.717) is 28.9 Å². The maximum absolute atomic E-state index is 11.6. The number of benzene rings is 1. The lowest BCUT2D eigenvalue weighted by Crippen LogP contribution is -2.29. The Morgan fingerprint density at radius 2 is 2.12 bits per heavy atom. The number of thiocarbonyl (C=S) groups is 1. The van der Waals surface area contributed by atoms with Crippen molar-refractivity contribution in [1.82, 2.24) is 15.1 Å². The Labute approximate surface area is 151 Å². The number of anilines is 1. The van der Waals surface area contributed by atoms with Gasteiger partial charge in [-0.3, -0.25) is 4.68 Å². The number of aromatic nitrogens is 2. The van der Waals surface area contributed by atoms with Crippen molar-refractivity contribution in [2.75, 3.05) is 18.5 Å². The number of carbonyl (C=O) groups excluding carboxylic acids is 1. The van der Waals surface area contributed by atoms with Crippen molar-refractivity contribution >= 4 is 40.6 Å². The second kappa shape index (κ2) is 9.24. The number of carbonyl (C=O) groups is 1. The lowest BCUT2D eigenvalue weighted by molar-refractivity contribution is 0.0526. The Balaban J connectivity index is 1.71. The molecule has 0 saturated carbocycles. The SMILES string of the molecule is CCOC(=O)c1ccc(NC(=S)NCCCn2cc(Cl)cn2)cc1. The van der Waals surface area contributed by atoms with E-state index in [0.717, 1.165) is 18.7 Å². The van der Waals surface area contributed by atoms with E-state index in [2.05, 4.69) is 15.7 Å². The summed E-state index contributed by atoms with van der Waals surface area (Å²) in [6, 6.07) is 6.97. The molecule has 0 saturated heterocycles. The smallest absolute Gasteiger partial charge is 0.338 e. The van der Waals surface area contributed by atoms with Crippen LogP contribution in [-0.4, -0.2) is 34.0 Å². The summed E-state index contributed by atoms with van der Waals surface area (Å²) in [4.78, 5) is 11.6. The summed E-state index contributed by atoms with van der Waals surface area (Å²) < 4.78 is 6.73. The summed E-state index contributed by atoms with van der Waals surface area (Å²) in [6.07, 6.45) is 4.26. The fourth-order valence-corrected chi connectivity index (χ4v) is 2.36. The third kappa shape index (κ3) is 5.82. The first kappa shape index (κ1) is 18.2. The van der Waals surface area contributed by atoms with Crippen LogP contribution in [0.5, 0.6) is 0 Å². The summed E-state index contributed by atoms with van der Waals surface area (Å²) in [5, 5.41) is 11.5. The predicted octanol–water partition coefficient (Wildman–Crippen LogP) is 3.09. The maximum atomic E-state index is 11.6. The summed E-state index contributed by atoms with van der Waals surface area (Å²) in [7, 11) is 0. The standard InChI is InChI=1S/C16H19ClN4O2S/c1-2-23-15(22)12-4-6-14(7-5-12)20-16(24)18-8-3-9-21-11-13(17)10-19-21/h4-7,10-11H,2-3,8-9H2,1H3,(H2,18,20,24). The number of esters is 1. The van der Waals surface area contributed by atoms with Gasteiger partial charge in [0.05, 0.1) is 23.4 Å². The average molecular weight is 367 g/mol. The van der Waals surface area contributed by atoms with E-state index in [-0.39, 0.29) is 5.97 Å². The summed E-state index contributed by atoms with van der Waals surface area (Å²) >= 11 is 11.0. The van der Waals surface area contributed by atoms with Crippen LogP contribution in [0.2, 0.25) is 5.02 Å². The second-order valence-corrected chi connectivity index (χ2v) is 5.80. The quantitative estimate of drug-likeness (QED) is 0.446. The van der Waals surface area contributed by atoms with Gasteiger partial charge in [-0.25, -0.2) is 4.79 Å². The largest absolute Gasteiger partial charge is 0.462 e. The second-order valence-electron chi connectivity index (χ2n) is 4.95. The molecule has 1 heterocycles. The van der Waals surface area contributed by atoms with Gasteiger partial charge in [0.2, 0.25) is 0 Å². The minimum Gasteiger partial charge on any atom is -0.462 e. The van der Waals surface area contributed by atoms with Crippen LogP contribution < -0.4 is 10.6 Å². The molecule has 24 heavy (non-hydrogen) atoms. The molecule has 1 aromatic heterocycles. The van der Waals surface area contributed by atoms with E-state index in [4.69, 9.17) is 28.6 Å². The highest BCUT2D eigenvalue weighted by molar-refractivity contribution is 7.80. The van der Waals surface area contributed by atoms with E-state index in [9.17, 15) is 4.79 Å². The molecule has 8 heteroatoms. The Hall–Kier alpha value is -2.12. The van der Waals surface area contributed by atoms with Crippen LogP contribution in [0.15, 0.2) is 36.7 Å². The Morgan fingerprint density at radius 1 is 1.38 bits per heavy atom. The lowest BCUT2D eigenvalue weighted by Gasteiger charge is -2.11. The van der Waals surface area contributed by atoms with Gasteiger partial charge < -0.3 is 15.4 Å². The van der Waals surface area contributed by atoms with Crippen LogP contribution in [-0.2, 0) is 11.3 Å². The molecule has 0 bridgehead atoms. The van der Waals surface area contributed by atoms with E-state index in [1.165, 1.54) is 0 Å². The molecule has 0 spiro atoms. The summed E-state index contributed by atoms with van der Waals surface area (Å²) in [5.74, 6) is -0.330. The van der Waals surface area contributed by atoms with Crippen molar-refractivity contribution in [2.45, 2.75) is 19.9 Å². The molecule has 0 radical (unpaired) electrons. The zero-order valence-corrected chi connectivity index (χ0v) is 14.9. The molecule has 0 aliphatic heterocycles. The highest BCUT2D eigenvalue weighted by Gasteiger charge is 2.06. The van der Waals surface area contributed by atoms with E-state index in [1.54, 1.807) is 48.3 Å². The summed E-state index contributed by atoms with van der Waals surface area (Å²) in [6.45, 7) is 3.61. The van der Waals surface area contributed by atoms with Crippen LogP contribution in [0.3, 0.4) is 0 Å². The highest BCUT2D eigenvalue weighted by atomic mass is 35.5. The molecule has 1 aromatic carbocycles. The van der Waals surface area contributed by atoms with Gasteiger partial charge in [0.1, 0.15) is 0 Å². The molecule has 0 fully saturated rings. The molecule has 2 rings (SSSR count). The predicted molar refractivity (Wildman–Crippen MR) is 98.5 cm³/mol. The lowest BCUT2D eigenvalue weighted by atomic mass is 10.2. The molecular weight excluding hydrogens is 348 g/mol. The van der Waals surface area contributed by atoms with E-state index >= 15 is 0 Å². The molecule has 6 nitrogen and oxygen atoms in total. The topological polar surface area (TPSA) is 68.2 Å². The Bertz CT molecular complexity index is 688. The minimum atomic E-state index is -0.330. The van der Waals surface area contributed by atoms with Crippen molar-refractivity contribution in [2.24, 2.45) is 0 Å². The van der Waals surface area contributed by atoms with Crippen LogP contribution >= 0.6 is 23.8 Å². The molecule has 128 valence electrons. The fraction of sp³-hybridized carbons (Fsp3) is 0.312. The van der Waals surface area contributed by atoms with Gasteiger partial charge in [0.25, 0.3) is 0 Å². The molecule has 0 atom stereocenters. The first-order valence-electron chi connectivity index (χ1n) is 7.58. The van der Waals surface area contributed by atoms with Crippen molar-refractivity contribution in [3.05, 3.63) is 47.2 Å². The first-order valence-corrected chi connectivity index (χ1v) is 8.37. The number of nitrogens with one attached hydrogen (secondary N) is 2. The van der Waals surface area contributed by atoms with Gasteiger partial charge in [0.15, 0.2) is 5.11 Å². The van der Waals surface area contributed by atoms with Gasteiger partial charge in [0, 0.05) is 25.0 Å². The molecule has 0 amide bonds. The third-order valence-corrected chi connectivity index (χ3v) is 3.55. The first-order chi connectivity index (χ1) is 11.6. The number of rotatable bonds is 7. The normalized spacial score (nSPS) is 10.2. The number of hydrogen-bond donors (Lipinski definition) is 2. The van der Waals surface area contributed by atoms with Crippen molar-refractivity contribution in [3.8, 4) is 0 Å². The zero-order chi connectivity index (χ0) is 17.4. The van der Waals surface area contributed by atoms with Crippen molar-refractivity contribution < 1.29 is 9.53 Å². The molecule has 2 aromatic rings. The highest BCUT2D eigenvalue weighted by Crippen LogP contribution is 2.10. The van der Waals surface area contributed by atoms with E-state index < -0.39 is 0 Å². The number of nitrogens with zero attached hydrogens (tertiary/aromatic N) is 2. The Kier molecular flexibility index (Phi) is 7.02. The van der Waals surface area contributed by atoms with Gasteiger partial charge in [-0.15, -0.1) is 0 Å². The maximum Gasteiger partial charge on any atom is 0.338 e. The van der Waals surface area contributed by atoms with Crippen molar-refractivity contribution in [1.29, 1.82) is 0 Å². The molecule has 0 aliphatic carbocycles. The van der Waals surface area contributed by atoms with Gasteiger partial charge in [-0.1, -0.05) is 11.6 Å². The summed E-state index contributed by atoms with van der Waals surface area (Å²) in [5.41, 5.74) is 1.32. The molecule has 0 aliphatic rings. The van der Waals surface area contributed by atoms with Crippen LogP contribution in [0.4, 0.5) is 5.69 Å². The third-order valence-electron chi connectivity index (χ3n) is 3.11. The molecule has 0 unspecified atom stereocenters. The van der Waals surface area contributed by atoms with Crippen LogP contribution in [0, 0.1) is 0 Å². The van der Waals surface area contributed by atoms with Gasteiger partial charge in [-0.05, 0) is 49.8 Å². The van der Waals surface area contributed by atoms with Crippen LogP contribution in [0.25, 0.3) is 0 Å². The molecular formula is C16H19ClN4O2S. The van der Waals surface area contributed by atoms with Crippen LogP contribution in [0.1, 0.15) is 23.7 Å². The Morgan fingerprint density at radius 3 is 2.75 bits per heavy atom. The van der Waals surface area contributed by atoms with Crippen molar-refractivity contribution in [3.63, 3.8) is 0 Å². The fourth-order valence-electron chi connectivity index (χ4n) is 1.98. The number of aryl methyl sites for hydroxylation is 1. The number of ether oxygens (including phenoxy) is 1. The average Bonchev–Trinajstić information content (AvgIpc) is 2.98. The number of hydrogen-bond acceptors (Lipinski definition) is 4. The van der Waals surface area contributed by atoms with Gasteiger partial charge in [-0.2, -0.15) is 5.10 Å².